The largest absolute Gasteiger partial charge is 0.465 e. The molecule has 1 atom stereocenters. The average molecular weight is 349 g/mol. The fourth-order valence-electron chi connectivity index (χ4n) is 2.68. The van der Waals surface area contributed by atoms with Gasteiger partial charge in [-0.3, -0.25) is 0 Å². The van der Waals surface area contributed by atoms with Gasteiger partial charge >= 0.3 is 12.0 Å². The lowest BCUT2D eigenvalue weighted by molar-refractivity contribution is 0.0585. The number of hydrogen-bond acceptors (Lipinski definition) is 5. The molecule has 0 aliphatic carbocycles. The van der Waals surface area contributed by atoms with Gasteiger partial charge in [0.1, 0.15) is 0 Å². The molecule has 2 rings (SSSR count). The predicted molar refractivity (Wildman–Crippen MR) is 97.2 cm³/mol. The number of rotatable bonds is 6. The van der Waals surface area contributed by atoms with E-state index in [2.05, 4.69) is 15.5 Å². The van der Waals surface area contributed by atoms with Crippen molar-refractivity contribution in [1.82, 2.24) is 5.32 Å². The molecule has 1 aliphatic heterocycles. The van der Waals surface area contributed by atoms with Gasteiger partial charge in [0.25, 0.3) is 0 Å². The zero-order valence-electron chi connectivity index (χ0n) is 15.1. The summed E-state index contributed by atoms with van der Waals surface area (Å²) in [5, 5.41) is 15.5. The van der Waals surface area contributed by atoms with Crippen molar-refractivity contribution in [2.75, 3.05) is 37.0 Å². The zero-order valence-corrected chi connectivity index (χ0v) is 15.1. The lowest BCUT2D eigenvalue weighted by atomic mass is 10.0. The third-order valence-corrected chi connectivity index (χ3v) is 4.50. The van der Waals surface area contributed by atoms with Crippen molar-refractivity contribution in [1.29, 1.82) is 0 Å². The molecule has 1 fully saturated rings. The van der Waals surface area contributed by atoms with Crippen LogP contribution in [0.4, 0.5) is 16.2 Å². The Balaban J connectivity index is 2.17. The molecular formula is C18H27N3O4. The van der Waals surface area contributed by atoms with Crippen LogP contribution in [-0.2, 0) is 4.74 Å². The second-order valence-electron chi connectivity index (χ2n) is 6.58. The van der Waals surface area contributed by atoms with Crippen molar-refractivity contribution in [2.45, 2.75) is 38.7 Å². The van der Waals surface area contributed by atoms with E-state index < -0.39 is 17.6 Å². The van der Waals surface area contributed by atoms with Crippen molar-refractivity contribution in [3.63, 3.8) is 0 Å². The summed E-state index contributed by atoms with van der Waals surface area (Å²) in [5.41, 5.74) is 0.852. The maximum Gasteiger partial charge on any atom is 0.337 e. The maximum absolute atomic E-state index is 12.2. The highest BCUT2D eigenvalue weighted by Gasteiger charge is 2.21. The summed E-state index contributed by atoms with van der Waals surface area (Å²) in [5.74, 6) is -0.453. The van der Waals surface area contributed by atoms with E-state index in [0.717, 1.165) is 31.6 Å². The van der Waals surface area contributed by atoms with Gasteiger partial charge in [0.05, 0.1) is 29.6 Å². The molecule has 1 heterocycles. The molecule has 7 nitrogen and oxygen atoms in total. The van der Waals surface area contributed by atoms with Gasteiger partial charge in [-0.25, -0.2) is 9.59 Å². The maximum atomic E-state index is 12.2. The number of aliphatic hydroxyl groups is 1. The molecule has 1 aromatic rings. The third-order valence-electron chi connectivity index (χ3n) is 4.50. The van der Waals surface area contributed by atoms with Crippen molar-refractivity contribution in [3.05, 3.63) is 23.8 Å². The van der Waals surface area contributed by atoms with Crippen molar-refractivity contribution in [3.8, 4) is 0 Å². The normalized spacial score (nSPS) is 16.2. The molecular weight excluding hydrogens is 322 g/mol. The summed E-state index contributed by atoms with van der Waals surface area (Å²) in [6, 6.07) is 4.73. The molecule has 0 bridgehead atoms. The standard InChI is InChI=1S/C18H27N3O4/c1-4-18(2,24)12-19-17(23)20-14-11-13(16(22)25-3)7-8-15(14)21-9-5-6-10-21/h7-8,11,24H,4-6,9-10,12H2,1-3H3,(H2,19,20,23)/t18-/m0/s1. The Morgan fingerprint density at radius 2 is 2.00 bits per heavy atom. The van der Waals surface area contributed by atoms with E-state index in [-0.39, 0.29) is 6.54 Å². The Bertz CT molecular complexity index is 625. The first-order valence-electron chi connectivity index (χ1n) is 8.61. The molecule has 0 aromatic heterocycles. The minimum absolute atomic E-state index is 0.144. The smallest absolute Gasteiger partial charge is 0.337 e. The van der Waals surface area contributed by atoms with E-state index in [9.17, 15) is 14.7 Å². The number of urea groups is 1. The Morgan fingerprint density at radius 1 is 1.32 bits per heavy atom. The van der Waals surface area contributed by atoms with Crippen LogP contribution < -0.4 is 15.5 Å². The fourth-order valence-corrected chi connectivity index (χ4v) is 2.68. The molecule has 3 N–H and O–H groups in total. The summed E-state index contributed by atoms with van der Waals surface area (Å²) in [6.45, 7) is 5.49. The molecule has 1 saturated heterocycles. The first-order chi connectivity index (χ1) is 11.9. The van der Waals surface area contributed by atoms with Gasteiger partial charge in [0.2, 0.25) is 0 Å². The molecule has 1 aromatic carbocycles. The summed E-state index contributed by atoms with van der Waals surface area (Å²) in [7, 11) is 1.32. The third kappa shape index (κ3) is 5.09. The van der Waals surface area contributed by atoms with Crippen LogP contribution >= 0.6 is 0 Å². The monoisotopic (exact) mass is 349 g/mol. The van der Waals surface area contributed by atoms with Gasteiger partial charge in [-0.1, -0.05) is 6.92 Å². The minimum Gasteiger partial charge on any atom is -0.465 e. The fraction of sp³-hybridized carbons (Fsp3) is 0.556. The molecule has 0 saturated carbocycles. The van der Waals surface area contributed by atoms with Gasteiger partial charge in [-0.15, -0.1) is 0 Å². The van der Waals surface area contributed by atoms with Crippen LogP contribution in [0.5, 0.6) is 0 Å². The summed E-state index contributed by atoms with van der Waals surface area (Å²) in [4.78, 5) is 26.2. The quantitative estimate of drug-likeness (QED) is 0.686. The number of benzene rings is 1. The number of nitrogens with zero attached hydrogens (tertiary/aromatic N) is 1. The van der Waals surface area contributed by atoms with E-state index >= 15 is 0 Å². The lowest BCUT2D eigenvalue weighted by Crippen LogP contribution is -2.42. The molecule has 0 radical (unpaired) electrons. The van der Waals surface area contributed by atoms with Gasteiger partial charge in [0.15, 0.2) is 0 Å². The molecule has 1 aliphatic rings. The Kier molecular flexibility index (Phi) is 6.25. The van der Waals surface area contributed by atoms with Gasteiger partial charge < -0.3 is 25.4 Å². The van der Waals surface area contributed by atoms with Crippen LogP contribution in [0.25, 0.3) is 0 Å². The highest BCUT2D eigenvalue weighted by Crippen LogP contribution is 2.30. The van der Waals surface area contributed by atoms with Crippen LogP contribution in [0.2, 0.25) is 0 Å². The first-order valence-corrected chi connectivity index (χ1v) is 8.61. The van der Waals surface area contributed by atoms with E-state index in [1.54, 1.807) is 19.1 Å². The number of amides is 2. The minimum atomic E-state index is -0.955. The predicted octanol–water partition coefficient (Wildman–Crippen LogP) is 2.36. The first kappa shape index (κ1) is 19.1. The van der Waals surface area contributed by atoms with Crippen LogP contribution in [-0.4, -0.2) is 49.5 Å². The average Bonchev–Trinajstić information content (AvgIpc) is 3.13. The molecule has 0 unspecified atom stereocenters. The number of methoxy groups -OCH3 is 1. The highest BCUT2D eigenvalue weighted by atomic mass is 16.5. The molecule has 25 heavy (non-hydrogen) atoms. The number of carbonyl (C=O) groups excluding carboxylic acids is 2. The van der Waals surface area contributed by atoms with Gasteiger partial charge in [0, 0.05) is 19.6 Å². The number of anilines is 2. The lowest BCUT2D eigenvalue weighted by Gasteiger charge is -2.24. The van der Waals surface area contributed by atoms with Crippen molar-refractivity contribution in [2.24, 2.45) is 0 Å². The molecule has 138 valence electrons. The topological polar surface area (TPSA) is 90.9 Å². The molecule has 2 amide bonds. The zero-order chi connectivity index (χ0) is 18.4. The highest BCUT2D eigenvalue weighted by molar-refractivity contribution is 5.97. The Morgan fingerprint density at radius 3 is 2.60 bits per heavy atom. The number of nitrogens with one attached hydrogen (secondary N) is 2. The number of ether oxygens (including phenoxy) is 1. The number of carbonyl (C=O) groups is 2. The SMILES string of the molecule is CC[C@](C)(O)CNC(=O)Nc1cc(C(=O)OC)ccc1N1CCCC1. The number of hydrogen-bond donors (Lipinski definition) is 3. The molecule has 7 heteroatoms. The van der Waals surface area contributed by atoms with Crippen molar-refractivity contribution < 1.29 is 19.4 Å². The Hall–Kier alpha value is -2.28. The van der Waals surface area contributed by atoms with E-state index in [4.69, 9.17) is 4.74 Å². The van der Waals surface area contributed by atoms with Crippen LogP contribution in [0.3, 0.4) is 0 Å². The van der Waals surface area contributed by atoms with E-state index in [1.165, 1.54) is 7.11 Å². The number of esters is 1. The summed E-state index contributed by atoms with van der Waals surface area (Å²) < 4.78 is 4.75. The molecule has 0 spiro atoms. The van der Waals surface area contributed by atoms with Gasteiger partial charge in [-0.05, 0) is 44.4 Å². The van der Waals surface area contributed by atoms with Crippen molar-refractivity contribution >= 4 is 23.4 Å². The summed E-state index contributed by atoms with van der Waals surface area (Å²) in [6.07, 6.45) is 2.73. The Labute approximate surface area is 148 Å². The van der Waals surface area contributed by atoms with Gasteiger partial charge in [-0.2, -0.15) is 0 Å². The van der Waals surface area contributed by atoms with Crippen LogP contribution in [0.1, 0.15) is 43.5 Å². The van der Waals surface area contributed by atoms with E-state index in [0.29, 0.717) is 17.7 Å². The van der Waals surface area contributed by atoms with E-state index in [1.807, 2.05) is 13.0 Å². The summed E-state index contributed by atoms with van der Waals surface area (Å²) >= 11 is 0. The van der Waals surface area contributed by atoms with Crippen LogP contribution in [0, 0.1) is 0 Å². The second-order valence-corrected chi connectivity index (χ2v) is 6.58. The van der Waals surface area contributed by atoms with Crippen LogP contribution in [0.15, 0.2) is 18.2 Å². The second kappa shape index (κ2) is 8.20.